The summed E-state index contributed by atoms with van der Waals surface area (Å²) in [6.45, 7) is 8.53. The molecule has 0 spiro atoms. The van der Waals surface area contributed by atoms with Gasteiger partial charge in [-0.05, 0) is 51.5 Å². The lowest BCUT2D eigenvalue weighted by Crippen LogP contribution is -2.15. The van der Waals surface area contributed by atoms with E-state index in [1.165, 1.54) is 24.2 Å². The van der Waals surface area contributed by atoms with Gasteiger partial charge in [0.25, 0.3) is 0 Å². The number of aryl methyl sites for hydroxylation is 2. The van der Waals surface area contributed by atoms with Gasteiger partial charge >= 0.3 is 0 Å². The number of hydrogen-bond acceptors (Lipinski definition) is 6. The lowest BCUT2D eigenvalue weighted by molar-refractivity contribution is -0.113. The van der Waals surface area contributed by atoms with E-state index in [0.717, 1.165) is 11.3 Å². The number of thioether (sulfide) groups is 1. The number of nitrogens with one attached hydrogen (secondary N) is 1. The van der Waals surface area contributed by atoms with Gasteiger partial charge in [0, 0.05) is 17.8 Å². The Morgan fingerprint density at radius 3 is 2.65 bits per heavy atom. The van der Waals surface area contributed by atoms with Gasteiger partial charge in [-0.3, -0.25) is 9.59 Å². The van der Waals surface area contributed by atoms with E-state index in [1.807, 2.05) is 37.5 Å². The fourth-order valence-corrected chi connectivity index (χ4v) is 3.92. The zero-order valence-corrected chi connectivity index (χ0v) is 19.0. The van der Waals surface area contributed by atoms with Gasteiger partial charge in [0.1, 0.15) is 12.4 Å². The van der Waals surface area contributed by atoms with Gasteiger partial charge in [0.2, 0.25) is 5.91 Å². The summed E-state index contributed by atoms with van der Waals surface area (Å²) in [5.41, 5.74) is 3.41. The molecule has 0 aliphatic heterocycles. The van der Waals surface area contributed by atoms with Crippen molar-refractivity contribution in [3.63, 3.8) is 0 Å². The molecule has 0 saturated heterocycles. The topological polar surface area (TPSA) is 86.1 Å². The van der Waals surface area contributed by atoms with E-state index >= 15 is 0 Å². The lowest BCUT2D eigenvalue weighted by Gasteiger charge is -2.11. The highest BCUT2D eigenvalue weighted by atomic mass is 32.2. The number of nitrogens with zero attached hydrogens (tertiary/aromatic N) is 3. The van der Waals surface area contributed by atoms with Crippen molar-refractivity contribution in [2.75, 3.05) is 11.1 Å². The van der Waals surface area contributed by atoms with E-state index in [9.17, 15) is 9.59 Å². The standard InChI is InChI=1S/C23H26N4O3S/c1-5-27-21(13-30-20-10-9-15(2)11-16(20)3)25-26-23(27)31-14-22(29)24-19-8-6-7-18(12-19)17(4)28/h6-12H,5,13-14H2,1-4H3,(H,24,29). The molecule has 0 radical (unpaired) electrons. The predicted molar refractivity (Wildman–Crippen MR) is 122 cm³/mol. The molecule has 31 heavy (non-hydrogen) atoms. The first-order valence-electron chi connectivity index (χ1n) is 10.0. The molecule has 0 aliphatic carbocycles. The smallest absolute Gasteiger partial charge is 0.234 e. The molecule has 0 aliphatic rings. The second-order valence-electron chi connectivity index (χ2n) is 7.17. The number of aromatic nitrogens is 3. The molecule has 7 nitrogen and oxygen atoms in total. The van der Waals surface area contributed by atoms with Crippen LogP contribution in [0.15, 0.2) is 47.6 Å². The Bertz CT molecular complexity index is 1090. The van der Waals surface area contributed by atoms with Crippen molar-refractivity contribution in [1.82, 2.24) is 14.8 Å². The number of carbonyl (C=O) groups is 2. The maximum absolute atomic E-state index is 12.4. The number of carbonyl (C=O) groups excluding carboxylic acids is 2. The zero-order chi connectivity index (χ0) is 22.4. The highest BCUT2D eigenvalue weighted by molar-refractivity contribution is 7.99. The van der Waals surface area contributed by atoms with Crippen LogP contribution in [0.2, 0.25) is 0 Å². The first kappa shape index (κ1) is 22.6. The zero-order valence-electron chi connectivity index (χ0n) is 18.1. The molecular weight excluding hydrogens is 412 g/mol. The van der Waals surface area contributed by atoms with Crippen LogP contribution >= 0.6 is 11.8 Å². The monoisotopic (exact) mass is 438 g/mol. The number of hydrogen-bond donors (Lipinski definition) is 1. The SMILES string of the molecule is CCn1c(COc2ccc(C)cc2C)nnc1SCC(=O)Nc1cccc(C(C)=O)c1. The van der Waals surface area contributed by atoms with Gasteiger partial charge in [-0.15, -0.1) is 10.2 Å². The van der Waals surface area contributed by atoms with Gasteiger partial charge in [0.15, 0.2) is 16.8 Å². The Morgan fingerprint density at radius 2 is 1.94 bits per heavy atom. The minimum absolute atomic E-state index is 0.0444. The number of amides is 1. The van der Waals surface area contributed by atoms with Crippen molar-refractivity contribution in [3.8, 4) is 5.75 Å². The Kier molecular flexibility index (Phi) is 7.46. The summed E-state index contributed by atoms with van der Waals surface area (Å²) in [5, 5.41) is 11.9. The Balaban J connectivity index is 1.59. The van der Waals surface area contributed by atoms with Crippen LogP contribution in [-0.2, 0) is 17.9 Å². The van der Waals surface area contributed by atoms with E-state index < -0.39 is 0 Å². The quantitative estimate of drug-likeness (QED) is 0.393. The number of rotatable bonds is 9. The van der Waals surface area contributed by atoms with Crippen molar-refractivity contribution in [2.45, 2.75) is 46.0 Å². The fraction of sp³-hybridized carbons (Fsp3) is 0.304. The van der Waals surface area contributed by atoms with Crippen LogP contribution < -0.4 is 10.1 Å². The molecule has 1 N–H and O–H groups in total. The molecule has 1 amide bonds. The summed E-state index contributed by atoms with van der Waals surface area (Å²) < 4.78 is 7.87. The van der Waals surface area contributed by atoms with Crippen LogP contribution in [0.5, 0.6) is 5.75 Å². The van der Waals surface area contributed by atoms with E-state index in [1.54, 1.807) is 24.3 Å². The summed E-state index contributed by atoms with van der Waals surface area (Å²) in [7, 11) is 0. The van der Waals surface area contributed by atoms with Crippen molar-refractivity contribution in [3.05, 3.63) is 65.0 Å². The highest BCUT2D eigenvalue weighted by Gasteiger charge is 2.14. The number of ether oxygens (including phenoxy) is 1. The Hall–Kier alpha value is -3.13. The number of anilines is 1. The number of benzene rings is 2. The summed E-state index contributed by atoms with van der Waals surface area (Å²) in [6, 6.07) is 12.9. The minimum atomic E-state index is -0.176. The molecule has 3 rings (SSSR count). The number of Topliss-reactive ketones (excluding diaryl/α,β-unsaturated/α-hetero) is 1. The van der Waals surface area contributed by atoms with Crippen molar-refractivity contribution in [2.24, 2.45) is 0 Å². The van der Waals surface area contributed by atoms with Gasteiger partial charge < -0.3 is 14.6 Å². The Morgan fingerprint density at radius 1 is 1.13 bits per heavy atom. The third kappa shape index (κ3) is 5.95. The summed E-state index contributed by atoms with van der Waals surface area (Å²) in [4.78, 5) is 23.8. The van der Waals surface area contributed by atoms with E-state index in [-0.39, 0.29) is 17.4 Å². The van der Waals surface area contributed by atoms with Gasteiger partial charge in [-0.2, -0.15) is 0 Å². The fourth-order valence-electron chi connectivity index (χ4n) is 3.10. The second-order valence-corrected chi connectivity index (χ2v) is 8.12. The molecule has 0 fully saturated rings. The third-order valence-corrected chi connectivity index (χ3v) is 5.65. The molecule has 0 saturated carbocycles. The van der Waals surface area contributed by atoms with Crippen LogP contribution in [0.4, 0.5) is 5.69 Å². The first-order valence-corrected chi connectivity index (χ1v) is 11.0. The third-order valence-electron chi connectivity index (χ3n) is 4.68. The van der Waals surface area contributed by atoms with E-state index in [2.05, 4.69) is 21.6 Å². The van der Waals surface area contributed by atoms with Gasteiger partial charge in [-0.1, -0.05) is 41.6 Å². The summed E-state index contributed by atoms with van der Waals surface area (Å²) >= 11 is 1.31. The van der Waals surface area contributed by atoms with Crippen LogP contribution in [0.1, 0.15) is 41.2 Å². The lowest BCUT2D eigenvalue weighted by atomic mass is 10.1. The van der Waals surface area contributed by atoms with Crippen LogP contribution in [0.25, 0.3) is 0 Å². The average molecular weight is 439 g/mol. The summed E-state index contributed by atoms with van der Waals surface area (Å²) in [6.07, 6.45) is 0. The van der Waals surface area contributed by atoms with Gasteiger partial charge in [-0.25, -0.2) is 0 Å². The van der Waals surface area contributed by atoms with Crippen molar-refractivity contribution < 1.29 is 14.3 Å². The summed E-state index contributed by atoms with van der Waals surface area (Å²) in [5.74, 6) is 1.49. The molecule has 162 valence electrons. The molecule has 3 aromatic rings. The molecule has 8 heteroatoms. The van der Waals surface area contributed by atoms with Gasteiger partial charge in [0.05, 0.1) is 5.75 Å². The molecule has 0 unspecified atom stereocenters. The maximum atomic E-state index is 12.4. The Labute approximate surface area is 186 Å². The van der Waals surface area contributed by atoms with Crippen molar-refractivity contribution in [1.29, 1.82) is 0 Å². The van der Waals surface area contributed by atoms with Crippen LogP contribution in [0, 0.1) is 13.8 Å². The average Bonchev–Trinajstić information content (AvgIpc) is 3.13. The molecular formula is C23H26N4O3S. The maximum Gasteiger partial charge on any atom is 0.234 e. The first-order chi connectivity index (χ1) is 14.9. The minimum Gasteiger partial charge on any atom is -0.485 e. The van der Waals surface area contributed by atoms with E-state index in [0.29, 0.717) is 35.4 Å². The molecule has 1 heterocycles. The van der Waals surface area contributed by atoms with Crippen molar-refractivity contribution >= 4 is 29.1 Å². The second kappa shape index (κ2) is 10.3. The van der Waals surface area contributed by atoms with E-state index in [4.69, 9.17) is 4.74 Å². The largest absolute Gasteiger partial charge is 0.485 e. The van der Waals surface area contributed by atoms with Crippen LogP contribution in [-0.4, -0.2) is 32.2 Å². The predicted octanol–water partition coefficient (Wildman–Crippen LogP) is 4.43. The molecule has 0 bridgehead atoms. The normalized spacial score (nSPS) is 10.7. The van der Waals surface area contributed by atoms with Crippen LogP contribution in [0.3, 0.4) is 0 Å². The highest BCUT2D eigenvalue weighted by Crippen LogP contribution is 2.22. The molecule has 2 aromatic carbocycles. The molecule has 1 aromatic heterocycles. The molecule has 0 atom stereocenters. The number of ketones is 1.